The van der Waals surface area contributed by atoms with Gasteiger partial charge in [0.05, 0.1) is 6.61 Å². The summed E-state index contributed by atoms with van der Waals surface area (Å²) in [4.78, 5) is 23.5. The third-order valence-corrected chi connectivity index (χ3v) is 3.00. The van der Waals surface area contributed by atoms with Gasteiger partial charge in [0.1, 0.15) is 11.8 Å². The van der Waals surface area contributed by atoms with Gasteiger partial charge in [-0.25, -0.2) is 0 Å². The Hall–Kier alpha value is -1.60. The summed E-state index contributed by atoms with van der Waals surface area (Å²) in [5.74, 6) is -0.805. The zero-order valence-corrected chi connectivity index (χ0v) is 13.1. The smallest absolute Gasteiger partial charge is 0.286 e. The fourth-order valence-corrected chi connectivity index (χ4v) is 1.96. The molecule has 0 radical (unpaired) electrons. The molecule has 0 saturated heterocycles. The topological polar surface area (TPSA) is 72.4 Å². The highest BCUT2D eigenvalue weighted by Crippen LogP contribution is 2.13. The van der Waals surface area contributed by atoms with E-state index < -0.39 is 17.9 Å². The Labute approximate surface area is 126 Å². The van der Waals surface area contributed by atoms with E-state index in [9.17, 15) is 9.59 Å². The predicted molar refractivity (Wildman–Crippen MR) is 78.9 cm³/mol. The summed E-state index contributed by atoms with van der Waals surface area (Å²) in [5, 5.41) is 0. The molecule has 2 amide bonds. The lowest BCUT2D eigenvalue weighted by Gasteiger charge is -2.13. The number of amides is 2. The van der Waals surface area contributed by atoms with Gasteiger partial charge in [0.15, 0.2) is 0 Å². The molecule has 0 aliphatic carbocycles. The molecular formula is C13H18BrN3O3. The van der Waals surface area contributed by atoms with E-state index in [0.717, 1.165) is 4.47 Å². The van der Waals surface area contributed by atoms with Crippen molar-refractivity contribution in [3.8, 4) is 0 Å². The summed E-state index contributed by atoms with van der Waals surface area (Å²) in [6, 6.07) is 1.66. The Balaban J connectivity index is 2.42. The highest BCUT2D eigenvalue weighted by molar-refractivity contribution is 9.10. The van der Waals surface area contributed by atoms with Crippen LogP contribution in [0.5, 0.6) is 0 Å². The molecule has 20 heavy (non-hydrogen) atoms. The number of aryl methyl sites for hydroxylation is 1. The van der Waals surface area contributed by atoms with Crippen LogP contribution >= 0.6 is 15.9 Å². The minimum absolute atomic E-state index is 0.398. The second-order valence-electron chi connectivity index (χ2n) is 4.19. The molecule has 1 aromatic heterocycles. The Bertz CT molecular complexity index is 499. The van der Waals surface area contributed by atoms with Crippen LogP contribution in [-0.2, 0) is 16.6 Å². The van der Waals surface area contributed by atoms with E-state index in [0.29, 0.717) is 18.7 Å². The van der Waals surface area contributed by atoms with E-state index in [1.807, 2.05) is 0 Å². The van der Waals surface area contributed by atoms with Gasteiger partial charge in [0.2, 0.25) is 0 Å². The van der Waals surface area contributed by atoms with Gasteiger partial charge < -0.3 is 9.30 Å². The Morgan fingerprint density at radius 2 is 2.25 bits per heavy atom. The molecule has 0 aliphatic rings. The number of carbonyl (C=O) groups excluding carboxylic acids is 2. The zero-order chi connectivity index (χ0) is 15.1. The van der Waals surface area contributed by atoms with Gasteiger partial charge in [0, 0.05) is 17.7 Å². The number of nitrogens with zero attached hydrogens (tertiary/aromatic N) is 1. The van der Waals surface area contributed by atoms with Gasteiger partial charge >= 0.3 is 0 Å². The monoisotopic (exact) mass is 343 g/mol. The van der Waals surface area contributed by atoms with Gasteiger partial charge in [-0.3, -0.25) is 20.4 Å². The van der Waals surface area contributed by atoms with Crippen LogP contribution in [0.4, 0.5) is 0 Å². The summed E-state index contributed by atoms with van der Waals surface area (Å²) in [7, 11) is 1.74. The first-order chi connectivity index (χ1) is 9.45. The van der Waals surface area contributed by atoms with Gasteiger partial charge in [-0.1, -0.05) is 6.08 Å². The van der Waals surface area contributed by atoms with Crippen LogP contribution in [0.2, 0.25) is 0 Å². The number of ether oxygens (including phenoxy) is 1. The lowest BCUT2D eigenvalue weighted by atomic mass is 10.4. The van der Waals surface area contributed by atoms with E-state index in [1.165, 1.54) is 0 Å². The molecule has 0 bridgehead atoms. The number of carbonyl (C=O) groups is 2. The number of aromatic nitrogens is 1. The lowest BCUT2D eigenvalue weighted by molar-refractivity contribution is -0.132. The molecular weight excluding hydrogens is 326 g/mol. The maximum atomic E-state index is 11.8. The van der Waals surface area contributed by atoms with Crippen molar-refractivity contribution < 1.29 is 14.3 Å². The van der Waals surface area contributed by atoms with Crippen molar-refractivity contribution >= 4 is 27.7 Å². The van der Waals surface area contributed by atoms with E-state index in [2.05, 4.69) is 33.4 Å². The average molecular weight is 344 g/mol. The van der Waals surface area contributed by atoms with E-state index >= 15 is 0 Å². The molecule has 6 nitrogen and oxygen atoms in total. The SMILES string of the molecule is C=CCCO[C@@H](C)C(=O)NNC(=O)c1cc(Br)cn1C. The fourth-order valence-electron chi connectivity index (χ4n) is 1.44. The Morgan fingerprint density at radius 1 is 1.55 bits per heavy atom. The largest absolute Gasteiger partial charge is 0.368 e. The molecule has 0 aromatic carbocycles. The van der Waals surface area contributed by atoms with Gasteiger partial charge in [0.25, 0.3) is 11.8 Å². The third kappa shape index (κ3) is 4.82. The molecule has 0 fully saturated rings. The first-order valence-corrected chi connectivity index (χ1v) is 6.89. The zero-order valence-electron chi connectivity index (χ0n) is 11.5. The average Bonchev–Trinajstić information content (AvgIpc) is 2.74. The minimum atomic E-state index is -0.643. The van der Waals surface area contributed by atoms with Crippen LogP contribution in [0.3, 0.4) is 0 Å². The maximum Gasteiger partial charge on any atom is 0.286 e. The number of nitrogens with one attached hydrogen (secondary N) is 2. The van der Waals surface area contributed by atoms with Gasteiger partial charge in [-0.2, -0.15) is 0 Å². The van der Waals surface area contributed by atoms with Crippen LogP contribution < -0.4 is 10.9 Å². The summed E-state index contributed by atoms with van der Waals surface area (Å²) >= 11 is 3.27. The summed E-state index contributed by atoms with van der Waals surface area (Å²) in [6.45, 7) is 5.59. The van der Waals surface area contributed by atoms with Gasteiger partial charge in [-0.05, 0) is 35.3 Å². The van der Waals surface area contributed by atoms with Gasteiger partial charge in [-0.15, -0.1) is 6.58 Å². The van der Waals surface area contributed by atoms with E-state index in [-0.39, 0.29) is 0 Å². The van der Waals surface area contributed by atoms with Crippen molar-refractivity contribution in [1.82, 2.24) is 15.4 Å². The van der Waals surface area contributed by atoms with Crippen molar-refractivity contribution in [2.45, 2.75) is 19.4 Å². The molecule has 0 aliphatic heterocycles. The van der Waals surface area contributed by atoms with Crippen LogP contribution in [0.25, 0.3) is 0 Å². The number of rotatable bonds is 6. The second-order valence-corrected chi connectivity index (χ2v) is 5.10. The standard InChI is InChI=1S/C13H18BrN3O3/c1-4-5-6-20-9(2)12(18)15-16-13(19)11-7-10(14)8-17(11)3/h4,7-9H,1,5-6H2,2-3H3,(H,15,18)(H,16,19)/t9-/m0/s1. The molecule has 0 saturated carbocycles. The Kier molecular flexibility index (Phi) is 6.47. The fraction of sp³-hybridized carbons (Fsp3) is 0.385. The highest BCUT2D eigenvalue weighted by Gasteiger charge is 2.15. The van der Waals surface area contributed by atoms with Crippen molar-refractivity contribution in [1.29, 1.82) is 0 Å². The molecule has 2 N–H and O–H groups in total. The minimum Gasteiger partial charge on any atom is -0.368 e. The van der Waals surface area contributed by atoms with Crippen molar-refractivity contribution in [2.75, 3.05) is 6.61 Å². The van der Waals surface area contributed by atoms with Crippen LogP contribution in [0.15, 0.2) is 29.4 Å². The summed E-state index contributed by atoms with van der Waals surface area (Å²) in [5.41, 5.74) is 5.10. The number of hydrogen-bond donors (Lipinski definition) is 2. The lowest BCUT2D eigenvalue weighted by Crippen LogP contribution is -2.46. The summed E-state index contributed by atoms with van der Waals surface area (Å²) in [6.07, 6.45) is 3.48. The molecule has 1 aromatic rings. The first-order valence-electron chi connectivity index (χ1n) is 6.10. The molecule has 1 rings (SSSR count). The highest BCUT2D eigenvalue weighted by atomic mass is 79.9. The Morgan fingerprint density at radius 3 is 2.80 bits per heavy atom. The van der Waals surface area contributed by atoms with E-state index in [4.69, 9.17) is 4.74 Å². The predicted octanol–water partition coefficient (Wildman–Crippen LogP) is 1.53. The normalized spacial score (nSPS) is 11.8. The van der Waals surface area contributed by atoms with Crippen molar-refractivity contribution in [2.24, 2.45) is 7.05 Å². The quantitative estimate of drug-likeness (QED) is 0.467. The number of halogens is 1. The molecule has 1 atom stereocenters. The molecule has 7 heteroatoms. The summed E-state index contributed by atoms with van der Waals surface area (Å²) < 4.78 is 7.70. The van der Waals surface area contributed by atoms with Crippen LogP contribution in [0, 0.1) is 0 Å². The third-order valence-electron chi connectivity index (χ3n) is 2.56. The number of hydrazine groups is 1. The number of hydrogen-bond acceptors (Lipinski definition) is 3. The molecule has 0 spiro atoms. The van der Waals surface area contributed by atoms with Crippen LogP contribution in [0.1, 0.15) is 23.8 Å². The second kappa shape index (κ2) is 7.86. The van der Waals surface area contributed by atoms with Crippen molar-refractivity contribution in [3.63, 3.8) is 0 Å². The van der Waals surface area contributed by atoms with Crippen molar-refractivity contribution in [3.05, 3.63) is 35.1 Å². The maximum absolute atomic E-state index is 11.8. The molecule has 110 valence electrons. The van der Waals surface area contributed by atoms with E-state index in [1.54, 1.807) is 36.9 Å². The molecule has 0 unspecified atom stereocenters. The first kappa shape index (κ1) is 16.5. The molecule has 1 heterocycles. The van der Waals surface area contributed by atoms with Crippen LogP contribution in [-0.4, -0.2) is 29.1 Å².